The summed E-state index contributed by atoms with van der Waals surface area (Å²) in [7, 11) is 0. The summed E-state index contributed by atoms with van der Waals surface area (Å²) in [5.74, 6) is -1.04. The molecule has 0 aliphatic carbocycles. The van der Waals surface area contributed by atoms with Crippen molar-refractivity contribution in [1.29, 1.82) is 5.26 Å². The second-order valence-electron chi connectivity index (χ2n) is 3.03. The van der Waals surface area contributed by atoms with Gasteiger partial charge in [-0.15, -0.1) is 0 Å². The van der Waals surface area contributed by atoms with Crippen LogP contribution in [0.25, 0.3) is 0 Å². The van der Waals surface area contributed by atoms with Crippen LogP contribution in [-0.4, -0.2) is 9.97 Å². The molecule has 0 saturated heterocycles. The Bertz CT molecular complexity index is 578. The van der Waals surface area contributed by atoms with Crippen LogP contribution in [0.2, 0.25) is 0 Å². The zero-order chi connectivity index (χ0) is 12.3. The number of hydrogen-bond donors (Lipinski definition) is 0. The molecule has 1 aromatic carbocycles. The van der Waals surface area contributed by atoms with Gasteiger partial charge in [0, 0.05) is 0 Å². The maximum Gasteiger partial charge on any atom is 0.158 e. The highest BCUT2D eigenvalue weighted by molar-refractivity contribution is 7.99. The molecule has 0 bridgehead atoms. The lowest BCUT2D eigenvalue weighted by Crippen LogP contribution is -1.88. The van der Waals surface area contributed by atoms with Crippen molar-refractivity contribution in [2.45, 2.75) is 9.92 Å². The molecule has 0 fully saturated rings. The van der Waals surface area contributed by atoms with Gasteiger partial charge < -0.3 is 0 Å². The fraction of sp³-hybridized carbons (Fsp3) is 0. The molecule has 0 aliphatic heterocycles. The standard InChI is InChI=1S/C11H5F2N3S/c12-7-1-2-9(13)10(3-7)17-11-6-15-8(4-14)5-16-11/h1-3,5-6H. The minimum absolute atomic E-state index is 0.129. The van der Waals surface area contributed by atoms with Gasteiger partial charge in [-0.05, 0) is 18.2 Å². The molecule has 0 aliphatic rings. The summed E-state index contributed by atoms with van der Waals surface area (Å²) >= 11 is 0.950. The molecule has 0 unspecified atom stereocenters. The second-order valence-corrected chi connectivity index (χ2v) is 4.09. The van der Waals surface area contributed by atoms with E-state index in [-0.39, 0.29) is 10.6 Å². The molecular weight excluding hydrogens is 244 g/mol. The first-order valence-corrected chi connectivity index (χ1v) is 5.36. The summed E-state index contributed by atoms with van der Waals surface area (Å²) in [6.45, 7) is 0. The quantitative estimate of drug-likeness (QED) is 0.821. The number of nitrogens with zero attached hydrogens (tertiary/aromatic N) is 3. The van der Waals surface area contributed by atoms with E-state index in [2.05, 4.69) is 9.97 Å². The maximum atomic E-state index is 13.3. The van der Waals surface area contributed by atoms with Gasteiger partial charge in [0.2, 0.25) is 0 Å². The zero-order valence-electron chi connectivity index (χ0n) is 8.39. The summed E-state index contributed by atoms with van der Waals surface area (Å²) < 4.78 is 26.2. The Morgan fingerprint density at radius 1 is 1.18 bits per heavy atom. The summed E-state index contributed by atoms with van der Waals surface area (Å²) in [4.78, 5) is 7.82. The van der Waals surface area contributed by atoms with Crippen molar-refractivity contribution in [2.75, 3.05) is 0 Å². The average Bonchev–Trinajstić information content (AvgIpc) is 2.35. The largest absolute Gasteiger partial charge is 0.245 e. The topological polar surface area (TPSA) is 49.6 Å². The highest BCUT2D eigenvalue weighted by Gasteiger charge is 2.07. The number of hydrogen-bond acceptors (Lipinski definition) is 4. The van der Waals surface area contributed by atoms with Crippen molar-refractivity contribution in [3.05, 3.63) is 47.9 Å². The van der Waals surface area contributed by atoms with E-state index in [1.165, 1.54) is 12.4 Å². The van der Waals surface area contributed by atoms with E-state index in [1.54, 1.807) is 0 Å². The Kier molecular flexibility index (Phi) is 3.30. The normalized spacial score (nSPS) is 9.94. The molecule has 2 aromatic rings. The Morgan fingerprint density at radius 2 is 2.00 bits per heavy atom. The van der Waals surface area contributed by atoms with Crippen molar-refractivity contribution in [3.8, 4) is 6.07 Å². The predicted molar refractivity (Wildman–Crippen MR) is 57.2 cm³/mol. The number of benzene rings is 1. The van der Waals surface area contributed by atoms with Crippen LogP contribution in [0, 0.1) is 23.0 Å². The molecule has 0 spiro atoms. The van der Waals surface area contributed by atoms with E-state index in [0.717, 1.165) is 30.0 Å². The van der Waals surface area contributed by atoms with Crippen molar-refractivity contribution in [1.82, 2.24) is 9.97 Å². The van der Waals surface area contributed by atoms with E-state index >= 15 is 0 Å². The fourth-order valence-corrected chi connectivity index (χ4v) is 1.87. The zero-order valence-corrected chi connectivity index (χ0v) is 9.21. The van der Waals surface area contributed by atoms with E-state index in [1.807, 2.05) is 6.07 Å². The first-order valence-electron chi connectivity index (χ1n) is 4.54. The lowest BCUT2D eigenvalue weighted by atomic mass is 10.3. The van der Waals surface area contributed by atoms with Gasteiger partial charge in [-0.1, -0.05) is 11.8 Å². The Morgan fingerprint density at radius 3 is 2.65 bits per heavy atom. The monoisotopic (exact) mass is 249 g/mol. The third-order valence-electron chi connectivity index (χ3n) is 1.85. The molecule has 0 saturated carbocycles. The predicted octanol–water partition coefficient (Wildman–Crippen LogP) is 2.78. The molecule has 0 atom stereocenters. The van der Waals surface area contributed by atoms with Gasteiger partial charge in [0.05, 0.1) is 17.3 Å². The Hall–Kier alpha value is -2.00. The molecule has 6 heteroatoms. The summed E-state index contributed by atoms with van der Waals surface area (Å²) in [6.07, 6.45) is 2.62. The number of halogens is 2. The Balaban J connectivity index is 2.25. The highest BCUT2D eigenvalue weighted by Crippen LogP contribution is 2.28. The fourth-order valence-electron chi connectivity index (χ4n) is 1.09. The average molecular weight is 249 g/mol. The number of nitriles is 1. The molecule has 1 heterocycles. The van der Waals surface area contributed by atoms with Gasteiger partial charge >= 0.3 is 0 Å². The van der Waals surface area contributed by atoms with Crippen molar-refractivity contribution in [2.24, 2.45) is 0 Å². The van der Waals surface area contributed by atoms with Gasteiger partial charge in [0.15, 0.2) is 5.69 Å². The summed E-state index contributed by atoms with van der Waals surface area (Å²) in [5.41, 5.74) is 0.175. The SMILES string of the molecule is N#Cc1cnc(Sc2cc(F)ccc2F)cn1. The van der Waals surface area contributed by atoms with E-state index in [4.69, 9.17) is 5.26 Å². The van der Waals surface area contributed by atoms with E-state index in [0.29, 0.717) is 5.03 Å². The van der Waals surface area contributed by atoms with Gasteiger partial charge in [0.1, 0.15) is 22.7 Å². The smallest absolute Gasteiger partial charge is 0.158 e. The van der Waals surface area contributed by atoms with Gasteiger partial charge in [-0.3, -0.25) is 0 Å². The third-order valence-corrected chi connectivity index (χ3v) is 2.80. The number of aromatic nitrogens is 2. The molecule has 0 radical (unpaired) electrons. The Labute approximate surface area is 100 Å². The van der Waals surface area contributed by atoms with E-state index < -0.39 is 11.6 Å². The van der Waals surface area contributed by atoms with Gasteiger partial charge in [0.25, 0.3) is 0 Å². The maximum absolute atomic E-state index is 13.3. The molecule has 0 N–H and O–H groups in total. The van der Waals surface area contributed by atoms with E-state index in [9.17, 15) is 8.78 Å². The molecule has 2 rings (SSSR count). The molecule has 84 valence electrons. The molecular formula is C11H5F2N3S. The van der Waals surface area contributed by atoms with Crippen molar-refractivity contribution < 1.29 is 8.78 Å². The van der Waals surface area contributed by atoms with Crippen LogP contribution in [0.15, 0.2) is 40.5 Å². The van der Waals surface area contributed by atoms with Gasteiger partial charge in [-0.25, -0.2) is 18.7 Å². The minimum Gasteiger partial charge on any atom is -0.245 e. The molecule has 17 heavy (non-hydrogen) atoms. The second kappa shape index (κ2) is 4.89. The minimum atomic E-state index is -0.525. The van der Waals surface area contributed by atoms with Crippen molar-refractivity contribution >= 4 is 11.8 Å². The van der Waals surface area contributed by atoms with Crippen LogP contribution in [0.4, 0.5) is 8.78 Å². The van der Waals surface area contributed by atoms with Gasteiger partial charge in [-0.2, -0.15) is 5.26 Å². The first-order chi connectivity index (χ1) is 8.19. The highest BCUT2D eigenvalue weighted by atomic mass is 32.2. The first kappa shape index (κ1) is 11.5. The third kappa shape index (κ3) is 2.77. The van der Waals surface area contributed by atoms with Crippen molar-refractivity contribution in [3.63, 3.8) is 0 Å². The van der Waals surface area contributed by atoms with Crippen LogP contribution < -0.4 is 0 Å². The van der Waals surface area contributed by atoms with Crippen LogP contribution >= 0.6 is 11.8 Å². The lowest BCUT2D eigenvalue weighted by Gasteiger charge is -2.01. The van der Waals surface area contributed by atoms with Crippen LogP contribution in [-0.2, 0) is 0 Å². The summed E-state index contributed by atoms with van der Waals surface area (Å²) in [5, 5.41) is 8.93. The van der Waals surface area contributed by atoms with Crippen LogP contribution in [0.3, 0.4) is 0 Å². The van der Waals surface area contributed by atoms with Crippen LogP contribution in [0.5, 0.6) is 0 Å². The lowest BCUT2D eigenvalue weighted by molar-refractivity contribution is 0.577. The number of rotatable bonds is 2. The summed E-state index contributed by atoms with van der Waals surface area (Å²) in [6, 6.07) is 5.00. The molecule has 3 nitrogen and oxygen atoms in total. The molecule has 0 amide bonds. The molecule has 1 aromatic heterocycles. The van der Waals surface area contributed by atoms with Crippen LogP contribution in [0.1, 0.15) is 5.69 Å².